The second-order valence-corrected chi connectivity index (χ2v) is 6.50. The normalized spacial score (nSPS) is 10.8. The third kappa shape index (κ3) is 4.27. The topological polar surface area (TPSA) is 63.1 Å². The molecule has 0 saturated carbocycles. The van der Waals surface area contributed by atoms with Crippen LogP contribution < -0.4 is 5.32 Å². The maximum absolute atomic E-state index is 13.1. The summed E-state index contributed by atoms with van der Waals surface area (Å²) in [4.78, 5) is 19.0. The highest BCUT2D eigenvalue weighted by Crippen LogP contribution is 2.19. The number of rotatable bonds is 6. The molecule has 0 bridgehead atoms. The molecule has 2 aromatic heterocycles. The minimum Gasteiger partial charge on any atom is -0.353 e. The molecular weight excluding hydrogens is 326 g/mol. The standard InChI is InChI=1S/C20H23N5O/c1-15(2)25(13-16-6-5-9-21-11-16)20(26)17-7-4-8-18(10-17)23-19-12-22-24(3)14-19/h4-12,14-15,23H,13H2,1-3H3. The second kappa shape index (κ2) is 7.82. The first kappa shape index (κ1) is 17.7. The lowest BCUT2D eigenvalue weighted by atomic mass is 10.1. The molecule has 0 aliphatic rings. The minimum absolute atomic E-state index is 0.00121. The van der Waals surface area contributed by atoms with Gasteiger partial charge in [0.15, 0.2) is 0 Å². The molecule has 0 saturated heterocycles. The van der Waals surface area contributed by atoms with E-state index in [-0.39, 0.29) is 11.9 Å². The molecule has 0 aliphatic heterocycles. The van der Waals surface area contributed by atoms with Gasteiger partial charge < -0.3 is 10.2 Å². The van der Waals surface area contributed by atoms with E-state index in [0.717, 1.165) is 16.9 Å². The van der Waals surface area contributed by atoms with Crippen LogP contribution in [0.4, 0.5) is 11.4 Å². The Labute approximate surface area is 153 Å². The number of amides is 1. The summed E-state index contributed by atoms with van der Waals surface area (Å²) in [5, 5.41) is 7.42. The van der Waals surface area contributed by atoms with E-state index in [1.807, 2.05) is 68.4 Å². The van der Waals surface area contributed by atoms with Crippen LogP contribution in [0.15, 0.2) is 61.2 Å². The average molecular weight is 349 g/mol. The van der Waals surface area contributed by atoms with Gasteiger partial charge in [0, 0.05) is 49.5 Å². The summed E-state index contributed by atoms with van der Waals surface area (Å²) in [7, 11) is 1.87. The van der Waals surface area contributed by atoms with Crippen LogP contribution in [0.3, 0.4) is 0 Å². The SMILES string of the molecule is CC(C)N(Cc1cccnc1)C(=O)c1cccc(Nc2cnn(C)c2)c1. The lowest BCUT2D eigenvalue weighted by Gasteiger charge is -2.27. The molecule has 3 rings (SSSR count). The van der Waals surface area contributed by atoms with Crippen molar-refractivity contribution in [2.24, 2.45) is 7.05 Å². The van der Waals surface area contributed by atoms with E-state index in [2.05, 4.69) is 15.4 Å². The molecule has 0 spiro atoms. The molecule has 26 heavy (non-hydrogen) atoms. The van der Waals surface area contributed by atoms with Crippen molar-refractivity contribution in [1.82, 2.24) is 19.7 Å². The minimum atomic E-state index is -0.00121. The van der Waals surface area contributed by atoms with Gasteiger partial charge in [0.1, 0.15) is 0 Å². The summed E-state index contributed by atoms with van der Waals surface area (Å²) < 4.78 is 1.73. The number of benzene rings is 1. The first-order valence-corrected chi connectivity index (χ1v) is 8.58. The summed E-state index contributed by atoms with van der Waals surface area (Å²) in [5.41, 5.74) is 3.40. The van der Waals surface area contributed by atoms with Gasteiger partial charge >= 0.3 is 0 Å². The molecule has 0 unspecified atom stereocenters. The molecule has 0 fully saturated rings. The fourth-order valence-corrected chi connectivity index (χ4v) is 2.73. The monoisotopic (exact) mass is 349 g/mol. The first-order chi connectivity index (χ1) is 12.5. The zero-order valence-corrected chi connectivity index (χ0v) is 15.3. The molecule has 6 nitrogen and oxygen atoms in total. The van der Waals surface area contributed by atoms with Gasteiger partial charge in [-0.25, -0.2) is 0 Å². The molecular formula is C20H23N5O. The van der Waals surface area contributed by atoms with Crippen molar-refractivity contribution >= 4 is 17.3 Å². The largest absolute Gasteiger partial charge is 0.353 e. The number of aromatic nitrogens is 3. The quantitative estimate of drug-likeness (QED) is 0.738. The van der Waals surface area contributed by atoms with Gasteiger partial charge in [-0.05, 0) is 43.7 Å². The molecule has 134 valence electrons. The Hall–Kier alpha value is -3.15. The van der Waals surface area contributed by atoms with Crippen LogP contribution in [0.5, 0.6) is 0 Å². The predicted molar refractivity (Wildman–Crippen MR) is 102 cm³/mol. The highest BCUT2D eigenvalue weighted by atomic mass is 16.2. The molecule has 0 aliphatic carbocycles. The number of hydrogen-bond acceptors (Lipinski definition) is 4. The highest BCUT2D eigenvalue weighted by Gasteiger charge is 2.19. The van der Waals surface area contributed by atoms with E-state index < -0.39 is 0 Å². The number of carbonyl (C=O) groups excluding carboxylic acids is 1. The fourth-order valence-electron chi connectivity index (χ4n) is 2.73. The number of nitrogens with zero attached hydrogens (tertiary/aromatic N) is 4. The van der Waals surface area contributed by atoms with Crippen molar-refractivity contribution in [3.63, 3.8) is 0 Å². The third-order valence-corrected chi connectivity index (χ3v) is 4.06. The van der Waals surface area contributed by atoms with Crippen LogP contribution in [0.1, 0.15) is 29.8 Å². The molecule has 3 aromatic rings. The van der Waals surface area contributed by atoms with Crippen molar-refractivity contribution < 1.29 is 4.79 Å². The molecule has 2 heterocycles. The van der Waals surface area contributed by atoms with Crippen LogP contribution >= 0.6 is 0 Å². The van der Waals surface area contributed by atoms with Gasteiger partial charge in [-0.1, -0.05) is 12.1 Å². The van der Waals surface area contributed by atoms with Crippen molar-refractivity contribution in [3.8, 4) is 0 Å². The molecule has 0 atom stereocenters. The Balaban J connectivity index is 1.79. The molecule has 0 radical (unpaired) electrons. The summed E-state index contributed by atoms with van der Waals surface area (Å²) in [6, 6.07) is 11.5. The number of nitrogens with one attached hydrogen (secondary N) is 1. The maximum atomic E-state index is 13.1. The van der Waals surface area contributed by atoms with Gasteiger partial charge in [0.25, 0.3) is 5.91 Å². The van der Waals surface area contributed by atoms with Crippen LogP contribution in [-0.2, 0) is 13.6 Å². The Bertz CT molecular complexity index is 873. The number of carbonyl (C=O) groups is 1. The van der Waals surface area contributed by atoms with Crippen LogP contribution in [0.25, 0.3) is 0 Å². The molecule has 6 heteroatoms. The van der Waals surface area contributed by atoms with E-state index in [1.54, 1.807) is 23.3 Å². The maximum Gasteiger partial charge on any atom is 0.254 e. The Morgan fingerprint density at radius 1 is 1.19 bits per heavy atom. The molecule has 1 N–H and O–H groups in total. The van der Waals surface area contributed by atoms with Gasteiger partial charge in [0.05, 0.1) is 11.9 Å². The zero-order valence-electron chi connectivity index (χ0n) is 15.3. The summed E-state index contributed by atoms with van der Waals surface area (Å²) in [5.74, 6) is -0.00121. The second-order valence-electron chi connectivity index (χ2n) is 6.50. The number of anilines is 2. The fraction of sp³-hybridized carbons (Fsp3) is 0.250. The van der Waals surface area contributed by atoms with E-state index in [0.29, 0.717) is 12.1 Å². The van der Waals surface area contributed by atoms with Crippen molar-refractivity contribution in [2.45, 2.75) is 26.4 Å². The molecule has 1 amide bonds. The van der Waals surface area contributed by atoms with E-state index >= 15 is 0 Å². The summed E-state index contributed by atoms with van der Waals surface area (Å²) >= 11 is 0. The van der Waals surface area contributed by atoms with Crippen molar-refractivity contribution in [3.05, 3.63) is 72.3 Å². The zero-order chi connectivity index (χ0) is 18.5. The summed E-state index contributed by atoms with van der Waals surface area (Å²) in [6.45, 7) is 4.57. The van der Waals surface area contributed by atoms with Gasteiger partial charge in [-0.3, -0.25) is 14.5 Å². The van der Waals surface area contributed by atoms with Crippen LogP contribution in [-0.4, -0.2) is 31.6 Å². The first-order valence-electron chi connectivity index (χ1n) is 8.58. The van der Waals surface area contributed by atoms with Crippen molar-refractivity contribution in [1.29, 1.82) is 0 Å². The molecule has 1 aromatic carbocycles. The predicted octanol–water partition coefficient (Wildman–Crippen LogP) is 3.61. The van der Waals surface area contributed by atoms with E-state index in [4.69, 9.17) is 0 Å². The third-order valence-electron chi connectivity index (χ3n) is 4.06. The van der Waals surface area contributed by atoms with Crippen LogP contribution in [0.2, 0.25) is 0 Å². The van der Waals surface area contributed by atoms with Gasteiger partial charge in [0.2, 0.25) is 0 Å². The number of pyridine rings is 1. The number of hydrogen-bond donors (Lipinski definition) is 1. The smallest absolute Gasteiger partial charge is 0.254 e. The van der Waals surface area contributed by atoms with E-state index in [1.165, 1.54) is 0 Å². The Morgan fingerprint density at radius 2 is 2.04 bits per heavy atom. The van der Waals surface area contributed by atoms with Crippen molar-refractivity contribution in [2.75, 3.05) is 5.32 Å². The Kier molecular flexibility index (Phi) is 5.31. The average Bonchev–Trinajstić information content (AvgIpc) is 3.05. The Morgan fingerprint density at radius 3 is 2.69 bits per heavy atom. The van der Waals surface area contributed by atoms with E-state index in [9.17, 15) is 4.79 Å². The number of aryl methyl sites for hydroxylation is 1. The summed E-state index contributed by atoms with van der Waals surface area (Å²) in [6.07, 6.45) is 7.16. The van der Waals surface area contributed by atoms with Crippen LogP contribution in [0, 0.1) is 0 Å². The highest BCUT2D eigenvalue weighted by molar-refractivity contribution is 5.95. The lowest BCUT2D eigenvalue weighted by Crippen LogP contribution is -2.36. The van der Waals surface area contributed by atoms with Gasteiger partial charge in [-0.2, -0.15) is 5.10 Å². The lowest BCUT2D eigenvalue weighted by molar-refractivity contribution is 0.0690. The van der Waals surface area contributed by atoms with Gasteiger partial charge in [-0.15, -0.1) is 0 Å².